The summed E-state index contributed by atoms with van der Waals surface area (Å²) in [6.07, 6.45) is 1.50. The molecule has 0 aliphatic heterocycles. The lowest BCUT2D eigenvalue weighted by atomic mass is 10.1. The number of carbonyl (C=O) groups is 1. The Hall–Kier alpha value is -1.46. The first-order valence-electron chi connectivity index (χ1n) is 6.46. The lowest BCUT2D eigenvalue weighted by Gasteiger charge is -2.16. The minimum absolute atomic E-state index is 0.101. The van der Waals surface area contributed by atoms with Gasteiger partial charge in [0.25, 0.3) is 0 Å². The third kappa shape index (κ3) is 4.29. The first-order valence-corrected chi connectivity index (χ1v) is 6.46. The zero-order valence-electron chi connectivity index (χ0n) is 11.0. The van der Waals surface area contributed by atoms with E-state index >= 15 is 0 Å². The molecule has 19 heavy (non-hydrogen) atoms. The lowest BCUT2D eigenvalue weighted by Crippen LogP contribution is -2.37. The lowest BCUT2D eigenvalue weighted by molar-refractivity contribution is -0.122. The maximum atomic E-state index is 12.7. The minimum atomic E-state index is -0.809. The Morgan fingerprint density at radius 1 is 1.47 bits per heavy atom. The van der Waals surface area contributed by atoms with Crippen LogP contribution in [0.4, 0.5) is 4.39 Å². The monoisotopic (exact) mass is 266 g/mol. The second-order valence-electron chi connectivity index (χ2n) is 5.02. The zero-order valence-corrected chi connectivity index (χ0v) is 11.0. The largest absolute Gasteiger partial charge is 0.387 e. The number of hydrogen-bond acceptors (Lipinski definition) is 3. The van der Waals surface area contributed by atoms with E-state index in [0.717, 1.165) is 12.8 Å². The van der Waals surface area contributed by atoms with Crippen molar-refractivity contribution in [2.45, 2.75) is 25.0 Å². The van der Waals surface area contributed by atoms with Gasteiger partial charge in [-0.1, -0.05) is 12.1 Å². The van der Waals surface area contributed by atoms with Crippen LogP contribution in [-0.2, 0) is 4.79 Å². The average molecular weight is 266 g/mol. The fraction of sp³-hybridized carbons (Fsp3) is 0.500. The summed E-state index contributed by atoms with van der Waals surface area (Å²) >= 11 is 0. The summed E-state index contributed by atoms with van der Waals surface area (Å²) in [6, 6.07) is 6.15. The third-order valence-corrected chi connectivity index (χ3v) is 3.31. The molecule has 0 spiro atoms. The fourth-order valence-electron chi connectivity index (χ4n) is 1.94. The Kier molecular flexibility index (Phi) is 4.50. The van der Waals surface area contributed by atoms with Gasteiger partial charge in [0.15, 0.2) is 0 Å². The molecule has 1 unspecified atom stereocenters. The van der Waals surface area contributed by atoms with E-state index in [-0.39, 0.29) is 18.3 Å². The molecule has 1 saturated carbocycles. The molecule has 1 fully saturated rings. The van der Waals surface area contributed by atoms with E-state index in [1.54, 1.807) is 0 Å². The van der Waals surface area contributed by atoms with Crippen LogP contribution in [0, 0.1) is 5.82 Å². The second kappa shape index (κ2) is 6.12. The predicted octanol–water partition coefficient (Wildman–Crippen LogP) is 1.07. The van der Waals surface area contributed by atoms with Crippen molar-refractivity contribution in [3.8, 4) is 0 Å². The Labute approximate surface area is 112 Å². The number of carbonyl (C=O) groups excluding carboxylic acids is 1. The number of aliphatic hydroxyl groups excluding tert-OH is 1. The van der Waals surface area contributed by atoms with E-state index in [4.69, 9.17) is 0 Å². The number of rotatable bonds is 6. The Morgan fingerprint density at radius 3 is 2.68 bits per heavy atom. The topological polar surface area (TPSA) is 52.6 Å². The number of benzene rings is 1. The maximum absolute atomic E-state index is 12.7. The van der Waals surface area contributed by atoms with Crippen molar-refractivity contribution in [3.63, 3.8) is 0 Å². The predicted molar refractivity (Wildman–Crippen MR) is 70.0 cm³/mol. The van der Waals surface area contributed by atoms with Crippen LogP contribution in [0.2, 0.25) is 0 Å². The van der Waals surface area contributed by atoms with Gasteiger partial charge in [0.05, 0.1) is 12.6 Å². The molecule has 1 aromatic rings. The number of hydrogen-bond donors (Lipinski definition) is 2. The number of nitrogens with one attached hydrogen (secondary N) is 1. The van der Waals surface area contributed by atoms with Crippen LogP contribution in [0.1, 0.15) is 24.5 Å². The van der Waals surface area contributed by atoms with E-state index in [0.29, 0.717) is 18.2 Å². The van der Waals surface area contributed by atoms with Gasteiger partial charge in [0, 0.05) is 12.6 Å². The SMILES string of the molecule is CN(CC(=O)NCC(O)c1ccc(F)cc1)C1CC1. The molecule has 1 amide bonds. The van der Waals surface area contributed by atoms with Crippen molar-refractivity contribution < 1.29 is 14.3 Å². The van der Waals surface area contributed by atoms with Crippen molar-refractivity contribution >= 4 is 5.91 Å². The van der Waals surface area contributed by atoms with Crippen LogP contribution in [0.3, 0.4) is 0 Å². The average Bonchev–Trinajstić information content (AvgIpc) is 3.21. The number of aliphatic hydroxyl groups is 1. The van der Waals surface area contributed by atoms with Crippen LogP contribution >= 0.6 is 0 Å². The highest BCUT2D eigenvalue weighted by atomic mass is 19.1. The van der Waals surface area contributed by atoms with Crippen LogP contribution in [0.5, 0.6) is 0 Å². The first-order chi connectivity index (χ1) is 9.06. The molecule has 1 aliphatic carbocycles. The molecular formula is C14H19FN2O2. The molecule has 0 radical (unpaired) electrons. The molecule has 5 heteroatoms. The zero-order chi connectivity index (χ0) is 13.8. The Morgan fingerprint density at radius 2 is 2.11 bits per heavy atom. The Balaban J connectivity index is 1.74. The van der Waals surface area contributed by atoms with Crippen molar-refractivity contribution in [1.82, 2.24) is 10.2 Å². The quantitative estimate of drug-likeness (QED) is 0.810. The molecular weight excluding hydrogens is 247 g/mol. The second-order valence-corrected chi connectivity index (χ2v) is 5.02. The molecule has 0 aromatic heterocycles. The van der Waals surface area contributed by atoms with Crippen molar-refractivity contribution in [3.05, 3.63) is 35.6 Å². The van der Waals surface area contributed by atoms with Gasteiger partial charge in [-0.25, -0.2) is 4.39 Å². The summed E-state index contributed by atoms with van der Waals surface area (Å²) in [5.74, 6) is -0.443. The highest BCUT2D eigenvalue weighted by Gasteiger charge is 2.27. The van der Waals surface area contributed by atoms with Gasteiger partial charge >= 0.3 is 0 Å². The van der Waals surface area contributed by atoms with E-state index in [1.807, 2.05) is 11.9 Å². The molecule has 0 bridgehead atoms. The molecule has 104 valence electrons. The number of likely N-dealkylation sites (N-methyl/N-ethyl adjacent to an activating group) is 1. The van der Waals surface area contributed by atoms with Crippen molar-refractivity contribution in [2.24, 2.45) is 0 Å². The molecule has 1 aromatic carbocycles. The molecule has 1 aliphatic rings. The van der Waals surface area contributed by atoms with E-state index < -0.39 is 6.10 Å². The summed E-state index contributed by atoms with van der Waals surface area (Å²) in [5, 5.41) is 12.5. The van der Waals surface area contributed by atoms with Crippen molar-refractivity contribution in [2.75, 3.05) is 20.1 Å². The highest BCUT2D eigenvalue weighted by molar-refractivity contribution is 5.78. The standard InChI is InChI=1S/C14H19FN2O2/c1-17(12-6-7-12)9-14(19)16-8-13(18)10-2-4-11(15)5-3-10/h2-5,12-13,18H,6-9H2,1H3,(H,16,19). The molecule has 1 atom stereocenters. The first kappa shape index (κ1) is 14.0. The van der Waals surface area contributed by atoms with E-state index in [1.165, 1.54) is 24.3 Å². The third-order valence-electron chi connectivity index (χ3n) is 3.31. The van der Waals surface area contributed by atoms with Gasteiger partial charge in [-0.05, 0) is 37.6 Å². The van der Waals surface area contributed by atoms with Crippen molar-refractivity contribution in [1.29, 1.82) is 0 Å². The number of amides is 1. The molecule has 4 nitrogen and oxygen atoms in total. The fourth-order valence-corrected chi connectivity index (χ4v) is 1.94. The summed E-state index contributed by atoms with van der Waals surface area (Å²) in [5.41, 5.74) is 0.595. The number of nitrogens with zero attached hydrogens (tertiary/aromatic N) is 1. The summed E-state index contributed by atoms with van der Waals surface area (Å²) < 4.78 is 12.7. The molecule has 0 saturated heterocycles. The Bertz CT molecular complexity index is 432. The summed E-state index contributed by atoms with van der Waals surface area (Å²) in [4.78, 5) is 13.7. The highest BCUT2D eigenvalue weighted by Crippen LogP contribution is 2.24. The van der Waals surface area contributed by atoms with Crippen LogP contribution < -0.4 is 5.32 Å². The van der Waals surface area contributed by atoms with E-state index in [9.17, 15) is 14.3 Å². The summed E-state index contributed by atoms with van der Waals surface area (Å²) in [6.45, 7) is 0.490. The van der Waals surface area contributed by atoms with Gasteiger partial charge in [0.1, 0.15) is 5.82 Å². The van der Waals surface area contributed by atoms with Gasteiger partial charge in [0.2, 0.25) is 5.91 Å². The van der Waals surface area contributed by atoms with E-state index in [2.05, 4.69) is 5.32 Å². The van der Waals surface area contributed by atoms with Gasteiger partial charge in [-0.15, -0.1) is 0 Å². The van der Waals surface area contributed by atoms with Crippen LogP contribution in [-0.4, -0.2) is 42.1 Å². The maximum Gasteiger partial charge on any atom is 0.234 e. The molecule has 2 rings (SSSR count). The van der Waals surface area contributed by atoms with Crippen LogP contribution in [0.15, 0.2) is 24.3 Å². The minimum Gasteiger partial charge on any atom is -0.387 e. The normalized spacial score (nSPS) is 16.4. The number of halogens is 1. The van der Waals surface area contributed by atoms with Crippen LogP contribution in [0.25, 0.3) is 0 Å². The summed E-state index contributed by atoms with van der Waals surface area (Å²) in [7, 11) is 1.92. The van der Waals surface area contributed by atoms with Gasteiger partial charge in [-0.2, -0.15) is 0 Å². The van der Waals surface area contributed by atoms with Gasteiger partial charge in [-0.3, -0.25) is 9.69 Å². The molecule has 0 heterocycles. The molecule has 2 N–H and O–H groups in total. The smallest absolute Gasteiger partial charge is 0.234 e. The van der Waals surface area contributed by atoms with Gasteiger partial charge < -0.3 is 10.4 Å².